The van der Waals surface area contributed by atoms with E-state index in [9.17, 15) is 18.8 Å². The van der Waals surface area contributed by atoms with Crippen LogP contribution in [0.3, 0.4) is 0 Å². The summed E-state index contributed by atoms with van der Waals surface area (Å²) in [5.41, 5.74) is 1.64. The molecule has 3 amide bonds. The lowest BCUT2D eigenvalue weighted by Crippen LogP contribution is -2.38. The Bertz CT molecular complexity index is 1170. The third kappa shape index (κ3) is 7.65. The molecule has 0 fully saturated rings. The molecule has 0 saturated carbocycles. The summed E-state index contributed by atoms with van der Waals surface area (Å²) in [6.07, 6.45) is 0. The van der Waals surface area contributed by atoms with E-state index in [1.807, 2.05) is 6.92 Å². The number of rotatable bonds is 10. The highest BCUT2D eigenvalue weighted by atomic mass is 19.1. The Morgan fingerprint density at radius 2 is 1.37 bits per heavy atom. The van der Waals surface area contributed by atoms with Crippen molar-refractivity contribution in [3.05, 3.63) is 84.2 Å². The molecule has 0 aliphatic carbocycles. The molecular weight excluding hydrogens is 451 g/mol. The molecule has 3 aromatic rings. The van der Waals surface area contributed by atoms with Gasteiger partial charge >= 0.3 is 0 Å². The summed E-state index contributed by atoms with van der Waals surface area (Å²) in [5, 5.41) is 8.21. The highest BCUT2D eigenvalue weighted by molar-refractivity contribution is 6.10. The van der Waals surface area contributed by atoms with E-state index >= 15 is 0 Å². The van der Waals surface area contributed by atoms with Crippen LogP contribution in [-0.2, 0) is 9.59 Å². The number of hydrogen-bond acceptors (Lipinski definition) is 5. The van der Waals surface area contributed by atoms with Gasteiger partial charge in [-0.05, 0) is 67.2 Å². The predicted octanol–water partition coefficient (Wildman–Crippen LogP) is 3.99. The fraction of sp³-hybridized carbons (Fsp3) is 0.192. The number of anilines is 3. The average Bonchev–Trinajstić information content (AvgIpc) is 2.85. The Kier molecular flexibility index (Phi) is 8.91. The van der Waals surface area contributed by atoms with Gasteiger partial charge in [0.1, 0.15) is 11.6 Å². The lowest BCUT2D eigenvalue weighted by Gasteiger charge is -2.20. The summed E-state index contributed by atoms with van der Waals surface area (Å²) < 4.78 is 18.2. The number of carbonyl (C=O) groups excluding carboxylic acids is 3. The largest absolute Gasteiger partial charge is 0.497 e. The van der Waals surface area contributed by atoms with Crippen LogP contribution in [0.5, 0.6) is 5.75 Å². The molecular formula is C26H27FN4O4. The summed E-state index contributed by atoms with van der Waals surface area (Å²) in [4.78, 5) is 39.5. The number of benzene rings is 3. The minimum absolute atomic E-state index is 0.0165. The van der Waals surface area contributed by atoms with Crippen LogP contribution in [0.15, 0.2) is 72.8 Å². The molecule has 0 saturated heterocycles. The third-order valence-electron chi connectivity index (χ3n) is 5.10. The normalized spacial score (nSPS) is 10.5. The van der Waals surface area contributed by atoms with E-state index in [0.29, 0.717) is 29.4 Å². The number of methoxy groups -OCH3 is 1. The van der Waals surface area contributed by atoms with Crippen LogP contribution in [0.25, 0.3) is 0 Å². The van der Waals surface area contributed by atoms with E-state index in [1.165, 1.54) is 24.3 Å². The summed E-state index contributed by atoms with van der Waals surface area (Å²) >= 11 is 0. The van der Waals surface area contributed by atoms with Crippen molar-refractivity contribution in [1.82, 2.24) is 4.90 Å². The monoisotopic (exact) mass is 478 g/mol. The number of nitrogens with one attached hydrogen (secondary N) is 3. The van der Waals surface area contributed by atoms with E-state index in [-0.39, 0.29) is 30.5 Å². The van der Waals surface area contributed by atoms with Gasteiger partial charge in [0.2, 0.25) is 11.8 Å². The second-order valence-corrected chi connectivity index (χ2v) is 7.63. The zero-order chi connectivity index (χ0) is 25.2. The third-order valence-corrected chi connectivity index (χ3v) is 5.10. The first kappa shape index (κ1) is 25.4. The van der Waals surface area contributed by atoms with Crippen LogP contribution >= 0.6 is 0 Å². The molecule has 3 aromatic carbocycles. The molecule has 8 nitrogen and oxygen atoms in total. The predicted molar refractivity (Wildman–Crippen MR) is 133 cm³/mol. The second kappa shape index (κ2) is 12.3. The van der Waals surface area contributed by atoms with Gasteiger partial charge in [-0.1, -0.05) is 19.1 Å². The molecule has 0 unspecified atom stereocenters. The van der Waals surface area contributed by atoms with Crippen molar-refractivity contribution in [1.29, 1.82) is 0 Å². The number of carbonyl (C=O) groups is 3. The van der Waals surface area contributed by atoms with Gasteiger partial charge < -0.3 is 20.7 Å². The minimum atomic E-state index is -0.446. The highest BCUT2D eigenvalue weighted by Crippen LogP contribution is 2.18. The van der Waals surface area contributed by atoms with Gasteiger partial charge in [-0.25, -0.2) is 4.39 Å². The number of para-hydroxylation sites is 1. The maximum absolute atomic E-state index is 13.1. The topological polar surface area (TPSA) is 99.8 Å². The van der Waals surface area contributed by atoms with Gasteiger partial charge in [0.15, 0.2) is 0 Å². The van der Waals surface area contributed by atoms with E-state index in [0.717, 1.165) is 0 Å². The summed E-state index contributed by atoms with van der Waals surface area (Å²) in [7, 11) is 1.56. The van der Waals surface area contributed by atoms with Crippen LogP contribution in [0.1, 0.15) is 17.3 Å². The van der Waals surface area contributed by atoms with Gasteiger partial charge in [0.05, 0.1) is 31.5 Å². The molecule has 0 spiro atoms. The van der Waals surface area contributed by atoms with E-state index < -0.39 is 11.7 Å². The maximum Gasteiger partial charge on any atom is 0.257 e. The standard InChI is InChI=1S/C26H27FN4O4/c1-3-31(16-24(32)28-19-12-14-21(35-2)15-13-19)17-25(33)30-23-7-5-4-6-22(23)26(34)29-20-10-8-18(27)9-11-20/h4-15H,3,16-17H2,1-2H3,(H,28,32)(H,29,34)(H,30,33). The Morgan fingerprint density at radius 1 is 0.800 bits per heavy atom. The molecule has 0 heterocycles. The fourth-order valence-electron chi connectivity index (χ4n) is 3.27. The van der Waals surface area contributed by atoms with Crippen molar-refractivity contribution < 1.29 is 23.5 Å². The van der Waals surface area contributed by atoms with Crippen molar-refractivity contribution in [3.63, 3.8) is 0 Å². The lowest BCUT2D eigenvalue weighted by atomic mass is 10.1. The van der Waals surface area contributed by atoms with Gasteiger partial charge in [0.25, 0.3) is 5.91 Å². The van der Waals surface area contributed by atoms with Gasteiger partial charge in [-0.2, -0.15) is 0 Å². The molecule has 9 heteroatoms. The van der Waals surface area contributed by atoms with E-state index in [4.69, 9.17) is 4.74 Å². The van der Waals surface area contributed by atoms with Crippen molar-refractivity contribution in [3.8, 4) is 5.75 Å². The number of nitrogens with zero attached hydrogens (tertiary/aromatic N) is 1. The lowest BCUT2D eigenvalue weighted by molar-refractivity contribution is -0.119. The van der Waals surface area contributed by atoms with Crippen molar-refractivity contribution in [2.24, 2.45) is 0 Å². The summed E-state index contributed by atoms with van der Waals surface area (Å²) in [6.45, 7) is 2.29. The molecule has 3 N–H and O–H groups in total. The zero-order valence-corrected chi connectivity index (χ0v) is 19.5. The van der Waals surface area contributed by atoms with Crippen LogP contribution in [0.4, 0.5) is 21.5 Å². The fourth-order valence-corrected chi connectivity index (χ4v) is 3.27. The number of ether oxygens (including phenoxy) is 1. The van der Waals surface area contributed by atoms with Crippen molar-refractivity contribution in [2.45, 2.75) is 6.92 Å². The van der Waals surface area contributed by atoms with E-state index in [1.54, 1.807) is 60.5 Å². The Morgan fingerprint density at radius 3 is 2.00 bits per heavy atom. The van der Waals surface area contributed by atoms with Crippen molar-refractivity contribution in [2.75, 3.05) is 42.7 Å². The zero-order valence-electron chi connectivity index (χ0n) is 19.5. The van der Waals surface area contributed by atoms with Crippen LogP contribution < -0.4 is 20.7 Å². The van der Waals surface area contributed by atoms with E-state index in [2.05, 4.69) is 16.0 Å². The van der Waals surface area contributed by atoms with Gasteiger partial charge in [-0.15, -0.1) is 0 Å². The van der Waals surface area contributed by atoms with Crippen molar-refractivity contribution >= 4 is 34.8 Å². The molecule has 0 atom stereocenters. The second-order valence-electron chi connectivity index (χ2n) is 7.63. The summed E-state index contributed by atoms with van der Waals surface area (Å²) in [6, 6.07) is 18.9. The smallest absolute Gasteiger partial charge is 0.257 e. The number of hydrogen-bond donors (Lipinski definition) is 3. The van der Waals surface area contributed by atoms with Gasteiger partial charge in [0, 0.05) is 11.4 Å². The molecule has 182 valence electrons. The van der Waals surface area contributed by atoms with Crippen LogP contribution in [-0.4, -0.2) is 49.4 Å². The van der Waals surface area contributed by atoms with Crippen LogP contribution in [0.2, 0.25) is 0 Å². The Labute approximate surface area is 203 Å². The average molecular weight is 479 g/mol. The molecule has 0 aliphatic rings. The molecule has 0 bridgehead atoms. The van der Waals surface area contributed by atoms with Crippen LogP contribution in [0, 0.1) is 5.82 Å². The molecule has 0 radical (unpaired) electrons. The number of halogens is 1. The molecule has 0 aliphatic heterocycles. The first-order valence-electron chi connectivity index (χ1n) is 11.0. The molecule has 0 aromatic heterocycles. The Hall–Kier alpha value is -4.24. The highest BCUT2D eigenvalue weighted by Gasteiger charge is 2.17. The number of likely N-dealkylation sites (N-methyl/N-ethyl adjacent to an activating group) is 1. The number of amides is 3. The first-order valence-corrected chi connectivity index (χ1v) is 11.0. The summed E-state index contributed by atoms with van der Waals surface area (Å²) in [5.74, 6) is -0.802. The first-order chi connectivity index (χ1) is 16.9. The molecule has 3 rings (SSSR count). The maximum atomic E-state index is 13.1. The quantitative estimate of drug-likeness (QED) is 0.409. The SMILES string of the molecule is CCN(CC(=O)Nc1ccc(OC)cc1)CC(=O)Nc1ccccc1C(=O)Nc1ccc(F)cc1. The van der Waals surface area contributed by atoms with Gasteiger partial charge in [-0.3, -0.25) is 19.3 Å². The Balaban J connectivity index is 1.57. The molecule has 35 heavy (non-hydrogen) atoms. The minimum Gasteiger partial charge on any atom is -0.497 e.